The molecule has 0 aromatic carbocycles. The van der Waals surface area contributed by atoms with E-state index in [1.54, 1.807) is 0 Å². The molecule has 0 aliphatic carbocycles. The Balaban J connectivity index is 1.93. The minimum atomic E-state index is -4.34. The number of likely N-dealkylation sites (tertiary alicyclic amines) is 1. The van der Waals surface area contributed by atoms with E-state index in [4.69, 9.17) is 0 Å². The third-order valence-electron chi connectivity index (χ3n) is 2.27. The summed E-state index contributed by atoms with van der Waals surface area (Å²) in [5.74, 6) is -0.490. The summed E-state index contributed by atoms with van der Waals surface area (Å²) in [6.45, 7) is -1.05. The van der Waals surface area contributed by atoms with Crippen LogP contribution in [-0.2, 0) is 4.79 Å². The average Bonchev–Trinajstić information content (AvgIpc) is 2.81. The van der Waals surface area contributed by atoms with Crippen LogP contribution in [-0.4, -0.2) is 50.7 Å². The summed E-state index contributed by atoms with van der Waals surface area (Å²) >= 11 is 1.13. The van der Waals surface area contributed by atoms with Crippen LogP contribution in [0.4, 0.5) is 13.2 Å². The number of nitrogens with zero attached hydrogens (tertiary/aromatic N) is 3. The van der Waals surface area contributed by atoms with Gasteiger partial charge in [-0.25, -0.2) is 0 Å². The first-order chi connectivity index (χ1) is 7.96. The summed E-state index contributed by atoms with van der Waals surface area (Å²) < 4.78 is 36.5. The van der Waals surface area contributed by atoms with E-state index in [0.29, 0.717) is 11.4 Å². The van der Waals surface area contributed by atoms with Gasteiger partial charge in [-0.05, 0) is 6.42 Å². The zero-order chi connectivity index (χ0) is 12.5. The number of rotatable bonds is 3. The Morgan fingerprint density at radius 3 is 2.94 bits per heavy atom. The molecule has 1 N–H and O–H groups in total. The molecule has 1 saturated heterocycles. The molecule has 9 heteroatoms. The minimum absolute atomic E-state index is 0.133. The Hall–Kier alpha value is -1.25. The maximum Gasteiger partial charge on any atom is 0.406 e. The van der Waals surface area contributed by atoms with E-state index >= 15 is 0 Å². The second kappa shape index (κ2) is 4.55. The van der Waals surface area contributed by atoms with Crippen molar-refractivity contribution < 1.29 is 18.0 Å². The molecule has 1 aliphatic rings. The second-order valence-electron chi connectivity index (χ2n) is 3.58. The molecule has 0 saturated carbocycles. The quantitative estimate of drug-likeness (QED) is 0.888. The van der Waals surface area contributed by atoms with Crippen molar-refractivity contribution in [2.24, 2.45) is 0 Å². The van der Waals surface area contributed by atoms with Gasteiger partial charge in [0.25, 0.3) is 0 Å². The molecule has 94 valence electrons. The third kappa shape index (κ3) is 3.11. The molecular weight excluding hydrogens is 257 g/mol. The Morgan fingerprint density at radius 1 is 1.59 bits per heavy atom. The van der Waals surface area contributed by atoms with Crippen molar-refractivity contribution in [3.63, 3.8) is 0 Å². The average molecular weight is 266 g/mol. The third-order valence-corrected chi connectivity index (χ3v) is 3.43. The van der Waals surface area contributed by atoms with Gasteiger partial charge in [0.15, 0.2) is 0 Å². The van der Waals surface area contributed by atoms with Crippen LogP contribution in [0.1, 0.15) is 6.42 Å². The van der Waals surface area contributed by atoms with Gasteiger partial charge in [-0.15, -0.1) is 5.10 Å². The lowest BCUT2D eigenvalue weighted by molar-refractivity contribution is -0.157. The Bertz CT molecular complexity index is 394. The number of hydrogen-bond donors (Lipinski definition) is 1. The van der Waals surface area contributed by atoms with Gasteiger partial charge in [0.1, 0.15) is 11.6 Å². The second-order valence-corrected chi connectivity index (χ2v) is 4.80. The first-order valence-electron chi connectivity index (χ1n) is 4.84. The van der Waals surface area contributed by atoms with Crippen LogP contribution in [0, 0.1) is 0 Å². The Kier molecular flexibility index (Phi) is 3.27. The fraction of sp³-hybridized carbons (Fsp3) is 0.625. The highest BCUT2D eigenvalue weighted by Crippen LogP contribution is 2.30. The number of amides is 1. The minimum Gasteiger partial charge on any atom is -0.333 e. The van der Waals surface area contributed by atoms with Crippen LogP contribution < -0.4 is 0 Å². The smallest absolute Gasteiger partial charge is 0.333 e. The topological polar surface area (TPSA) is 61.9 Å². The molecule has 0 radical (unpaired) electrons. The van der Waals surface area contributed by atoms with E-state index in [1.165, 1.54) is 6.20 Å². The van der Waals surface area contributed by atoms with Crippen molar-refractivity contribution in [2.75, 3.05) is 13.1 Å². The number of carbonyl (C=O) groups excluding carboxylic acids is 1. The summed E-state index contributed by atoms with van der Waals surface area (Å²) in [5, 5.41) is 9.71. The van der Waals surface area contributed by atoms with Gasteiger partial charge in [-0.1, -0.05) is 11.8 Å². The van der Waals surface area contributed by atoms with E-state index in [1.807, 2.05) is 0 Å². The number of thioether (sulfide) groups is 1. The maximum atomic E-state index is 12.2. The largest absolute Gasteiger partial charge is 0.406 e. The Labute approximate surface area is 98.7 Å². The van der Waals surface area contributed by atoms with Crippen molar-refractivity contribution in [3.8, 4) is 0 Å². The van der Waals surface area contributed by atoms with E-state index < -0.39 is 23.9 Å². The zero-order valence-corrected chi connectivity index (χ0v) is 9.38. The number of aromatic amines is 1. The fourth-order valence-electron chi connectivity index (χ4n) is 1.59. The van der Waals surface area contributed by atoms with Crippen molar-refractivity contribution in [3.05, 3.63) is 6.20 Å². The molecule has 1 aliphatic heterocycles. The molecular formula is C8H9F3N4OS. The normalized spacial score (nSPS) is 21.2. The first-order valence-corrected chi connectivity index (χ1v) is 5.71. The van der Waals surface area contributed by atoms with Crippen molar-refractivity contribution in [1.29, 1.82) is 0 Å². The summed E-state index contributed by atoms with van der Waals surface area (Å²) in [4.78, 5) is 12.5. The van der Waals surface area contributed by atoms with Gasteiger partial charge in [-0.2, -0.15) is 23.5 Å². The van der Waals surface area contributed by atoms with E-state index in [9.17, 15) is 18.0 Å². The van der Waals surface area contributed by atoms with E-state index in [2.05, 4.69) is 15.4 Å². The maximum absolute atomic E-state index is 12.2. The lowest BCUT2D eigenvalue weighted by atomic mass is 10.4. The molecule has 1 amide bonds. The predicted molar refractivity (Wildman–Crippen MR) is 53.3 cm³/mol. The molecule has 1 fully saturated rings. The highest BCUT2D eigenvalue weighted by Gasteiger charge is 2.39. The Morgan fingerprint density at radius 2 is 2.35 bits per heavy atom. The molecule has 0 unspecified atom stereocenters. The predicted octanol–water partition coefficient (Wildman–Crippen LogP) is 1.06. The molecule has 2 rings (SSSR count). The number of aromatic nitrogens is 3. The standard InChI is InChI=1S/C8H9F3N4OS/c9-8(10,11)4-15-2-1-5(7(15)16)17-6-3-12-14-13-6/h3,5H,1-2,4H2,(H,12,13,14)/t5-/m1/s1. The number of alkyl halides is 3. The monoisotopic (exact) mass is 266 g/mol. The van der Waals surface area contributed by atoms with Gasteiger partial charge < -0.3 is 4.90 Å². The van der Waals surface area contributed by atoms with Crippen LogP contribution in [0.15, 0.2) is 11.2 Å². The molecule has 1 aromatic rings. The molecule has 0 bridgehead atoms. The van der Waals surface area contributed by atoms with Crippen molar-refractivity contribution in [2.45, 2.75) is 22.9 Å². The highest BCUT2D eigenvalue weighted by molar-refractivity contribution is 8.00. The van der Waals surface area contributed by atoms with Crippen molar-refractivity contribution in [1.82, 2.24) is 20.3 Å². The molecule has 0 spiro atoms. The van der Waals surface area contributed by atoms with Crippen LogP contribution in [0.3, 0.4) is 0 Å². The number of nitrogens with one attached hydrogen (secondary N) is 1. The number of halogens is 3. The van der Waals surface area contributed by atoms with E-state index in [-0.39, 0.29) is 6.54 Å². The van der Waals surface area contributed by atoms with Gasteiger partial charge in [0, 0.05) is 6.54 Å². The van der Waals surface area contributed by atoms with Crippen molar-refractivity contribution >= 4 is 17.7 Å². The highest BCUT2D eigenvalue weighted by atomic mass is 32.2. The molecule has 5 nitrogen and oxygen atoms in total. The SMILES string of the molecule is O=C1[C@H](Sc2cn[nH]n2)CCN1CC(F)(F)F. The number of hydrogen-bond acceptors (Lipinski definition) is 4. The summed E-state index contributed by atoms with van der Waals surface area (Å²) in [6, 6.07) is 0. The van der Waals surface area contributed by atoms with Crippen LogP contribution in [0.25, 0.3) is 0 Å². The summed E-state index contributed by atoms with van der Waals surface area (Å²) in [5.41, 5.74) is 0. The first kappa shape index (κ1) is 12.2. The molecule has 1 atom stereocenters. The van der Waals surface area contributed by atoms with E-state index in [0.717, 1.165) is 16.7 Å². The summed E-state index contributed by atoms with van der Waals surface area (Å²) in [6.07, 6.45) is -2.51. The fourth-order valence-corrected chi connectivity index (χ4v) is 2.56. The lowest BCUT2D eigenvalue weighted by Crippen LogP contribution is -2.36. The summed E-state index contributed by atoms with van der Waals surface area (Å²) in [7, 11) is 0. The van der Waals surface area contributed by atoms with Gasteiger partial charge in [0.2, 0.25) is 5.91 Å². The van der Waals surface area contributed by atoms with Crippen LogP contribution in [0.5, 0.6) is 0 Å². The van der Waals surface area contributed by atoms with Crippen LogP contribution in [0.2, 0.25) is 0 Å². The van der Waals surface area contributed by atoms with Gasteiger partial charge in [0.05, 0.1) is 11.4 Å². The van der Waals surface area contributed by atoms with Gasteiger partial charge >= 0.3 is 6.18 Å². The number of carbonyl (C=O) groups is 1. The molecule has 17 heavy (non-hydrogen) atoms. The number of H-pyrrole nitrogens is 1. The van der Waals surface area contributed by atoms with Gasteiger partial charge in [-0.3, -0.25) is 4.79 Å². The molecule has 1 aromatic heterocycles. The van der Waals surface area contributed by atoms with Crippen LogP contribution >= 0.6 is 11.8 Å². The lowest BCUT2D eigenvalue weighted by Gasteiger charge is -2.17. The molecule has 2 heterocycles. The zero-order valence-electron chi connectivity index (χ0n) is 8.57.